The summed E-state index contributed by atoms with van der Waals surface area (Å²) in [5.41, 5.74) is 8.55. The third-order valence-corrected chi connectivity index (χ3v) is 5.04. The Morgan fingerprint density at radius 1 is 0.923 bits per heavy atom. The number of rotatable bonds is 0. The minimum absolute atomic E-state index is 0.807. The molecule has 0 radical (unpaired) electrons. The van der Waals surface area contributed by atoms with Crippen molar-refractivity contribution >= 4 is 33.2 Å². The first kappa shape index (κ1) is 15.0. The molecule has 4 aromatic rings. The molecule has 1 aliphatic rings. The molecule has 0 unspecified atom stereocenters. The molecule has 2 aromatic heterocycles. The van der Waals surface area contributed by atoms with Crippen LogP contribution in [0.3, 0.4) is 0 Å². The van der Waals surface area contributed by atoms with E-state index in [1.807, 2.05) is 6.20 Å². The summed E-state index contributed by atoms with van der Waals surface area (Å²) < 4.78 is 0. The van der Waals surface area contributed by atoms with Crippen LogP contribution in [0.4, 0.5) is 5.69 Å². The van der Waals surface area contributed by atoms with Gasteiger partial charge in [0.25, 0.3) is 0 Å². The number of hydrogen-bond acceptors (Lipinski definition) is 3. The highest BCUT2D eigenvalue weighted by Crippen LogP contribution is 2.33. The fraction of sp³-hybridized carbons (Fsp3) is 0.136. The Morgan fingerprint density at radius 3 is 2.73 bits per heavy atom. The van der Waals surface area contributed by atoms with Crippen LogP contribution in [0.1, 0.15) is 11.1 Å². The molecule has 0 spiro atoms. The molecular weight excluding hydrogens is 320 g/mol. The van der Waals surface area contributed by atoms with E-state index in [9.17, 15) is 0 Å². The van der Waals surface area contributed by atoms with Crippen LogP contribution < -0.4 is 10.6 Å². The van der Waals surface area contributed by atoms with Crippen molar-refractivity contribution in [3.05, 3.63) is 66.4 Å². The van der Waals surface area contributed by atoms with Gasteiger partial charge in [-0.25, -0.2) is 4.98 Å². The quantitative estimate of drug-likeness (QED) is 0.436. The normalized spacial score (nSPS) is 14.0. The number of pyridine rings is 1. The molecule has 3 N–H and O–H groups in total. The minimum atomic E-state index is 0.807. The van der Waals surface area contributed by atoms with Crippen LogP contribution in [0.5, 0.6) is 0 Å². The zero-order valence-corrected chi connectivity index (χ0v) is 14.7. The smallest absolute Gasteiger partial charge is 0.0737 e. The van der Waals surface area contributed by atoms with Crippen molar-refractivity contribution in [1.82, 2.24) is 15.3 Å². The number of nitrogens with one attached hydrogen (secondary N) is 3. The van der Waals surface area contributed by atoms with E-state index in [0.29, 0.717) is 0 Å². The van der Waals surface area contributed by atoms with Gasteiger partial charge in [0.05, 0.1) is 11.2 Å². The van der Waals surface area contributed by atoms with Crippen molar-refractivity contribution in [2.45, 2.75) is 6.92 Å². The first-order chi connectivity index (χ1) is 12.7. The van der Waals surface area contributed by atoms with E-state index in [4.69, 9.17) is 4.98 Å². The molecule has 4 bridgehead atoms. The van der Waals surface area contributed by atoms with E-state index >= 15 is 0 Å². The van der Waals surface area contributed by atoms with Crippen LogP contribution in [0.2, 0.25) is 0 Å². The summed E-state index contributed by atoms with van der Waals surface area (Å²) in [6.45, 7) is 8.02. The molecule has 128 valence electrons. The third-order valence-electron chi connectivity index (χ3n) is 5.04. The summed E-state index contributed by atoms with van der Waals surface area (Å²) in [5, 5.41) is 9.23. The Balaban J connectivity index is 1.86. The van der Waals surface area contributed by atoms with Gasteiger partial charge in [0.2, 0.25) is 0 Å². The van der Waals surface area contributed by atoms with Gasteiger partial charge in [0.15, 0.2) is 0 Å². The zero-order chi connectivity index (χ0) is 17.7. The molecule has 3 heterocycles. The van der Waals surface area contributed by atoms with E-state index < -0.39 is 0 Å². The molecule has 0 saturated carbocycles. The summed E-state index contributed by atoms with van der Waals surface area (Å²) in [5.74, 6) is 0. The second-order valence-electron chi connectivity index (χ2n) is 6.87. The highest BCUT2D eigenvalue weighted by molar-refractivity contribution is 6.00. The van der Waals surface area contributed by atoms with Crippen molar-refractivity contribution in [2.24, 2.45) is 0 Å². The van der Waals surface area contributed by atoms with Crippen LogP contribution in [0.15, 0.2) is 55.2 Å². The maximum absolute atomic E-state index is 4.97. The Bertz CT molecular complexity index is 1170. The van der Waals surface area contributed by atoms with Crippen LogP contribution in [0.25, 0.3) is 38.8 Å². The molecule has 4 nitrogen and oxygen atoms in total. The molecule has 0 amide bonds. The second kappa shape index (κ2) is 5.63. The van der Waals surface area contributed by atoms with Crippen LogP contribution in [0, 0.1) is 6.92 Å². The molecule has 0 aliphatic carbocycles. The number of fused-ring (bicyclic) bond motifs is 6. The van der Waals surface area contributed by atoms with Gasteiger partial charge in [0.1, 0.15) is 0 Å². The average molecular weight is 340 g/mol. The number of aromatic nitrogens is 2. The molecule has 0 atom stereocenters. The topological polar surface area (TPSA) is 52.7 Å². The van der Waals surface area contributed by atoms with E-state index in [-0.39, 0.29) is 0 Å². The van der Waals surface area contributed by atoms with E-state index in [0.717, 1.165) is 57.7 Å². The van der Waals surface area contributed by atoms with Gasteiger partial charge in [-0.3, -0.25) is 0 Å². The lowest BCUT2D eigenvalue weighted by molar-refractivity contribution is 0.889. The summed E-state index contributed by atoms with van der Waals surface area (Å²) in [4.78, 5) is 8.34. The zero-order valence-electron chi connectivity index (χ0n) is 14.7. The Hall–Kier alpha value is -3.27. The van der Waals surface area contributed by atoms with Gasteiger partial charge in [-0.1, -0.05) is 18.7 Å². The van der Waals surface area contributed by atoms with E-state index in [2.05, 4.69) is 71.6 Å². The number of aromatic amines is 1. The first-order valence-electron chi connectivity index (χ1n) is 8.89. The maximum Gasteiger partial charge on any atom is 0.0737 e. The fourth-order valence-electron chi connectivity index (χ4n) is 3.68. The summed E-state index contributed by atoms with van der Waals surface area (Å²) >= 11 is 0. The molecule has 2 aromatic carbocycles. The molecule has 5 rings (SSSR count). The number of H-pyrrole nitrogens is 1. The minimum Gasteiger partial charge on any atom is -0.383 e. The third kappa shape index (κ3) is 2.34. The van der Waals surface area contributed by atoms with Gasteiger partial charge >= 0.3 is 0 Å². The van der Waals surface area contributed by atoms with E-state index in [1.165, 1.54) is 10.9 Å². The van der Waals surface area contributed by atoms with Gasteiger partial charge in [-0.05, 0) is 42.8 Å². The second-order valence-corrected chi connectivity index (χ2v) is 6.87. The molecule has 4 heteroatoms. The first-order valence-corrected chi connectivity index (χ1v) is 8.89. The van der Waals surface area contributed by atoms with E-state index in [1.54, 1.807) is 0 Å². The predicted molar refractivity (Wildman–Crippen MR) is 109 cm³/mol. The van der Waals surface area contributed by atoms with Crippen molar-refractivity contribution in [3.63, 3.8) is 0 Å². The van der Waals surface area contributed by atoms with Crippen LogP contribution in [-0.4, -0.2) is 23.1 Å². The highest BCUT2D eigenvalue weighted by Gasteiger charge is 2.14. The molecule has 0 saturated heterocycles. The summed E-state index contributed by atoms with van der Waals surface area (Å²) in [6.07, 6.45) is 2.05. The average Bonchev–Trinajstić information content (AvgIpc) is 3.06. The largest absolute Gasteiger partial charge is 0.383 e. The molecular formula is C22H20N4. The highest BCUT2D eigenvalue weighted by atomic mass is 15.0. The number of anilines is 1. The van der Waals surface area contributed by atoms with Crippen molar-refractivity contribution in [3.8, 4) is 11.3 Å². The molecule has 26 heavy (non-hydrogen) atoms. The van der Waals surface area contributed by atoms with Gasteiger partial charge in [-0.2, -0.15) is 0 Å². The van der Waals surface area contributed by atoms with Crippen molar-refractivity contribution in [2.75, 3.05) is 18.4 Å². The molecule has 1 aliphatic heterocycles. The van der Waals surface area contributed by atoms with Crippen LogP contribution >= 0.6 is 0 Å². The number of benzene rings is 2. The van der Waals surface area contributed by atoms with Gasteiger partial charge in [-0.15, -0.1) is 0 Å². The lowest BCUT2D eigenvalue weighted by atomic mass is 10.0. The Kier molecular flexibility index (Phi) is 3.25. The number of aryl methyl sites for hydroxylation is 1. The number of hydrogen-bond donors (Lipinski definition) is 3. The van der Waals surface area contributed by atoms with Gasteiger partial charge in [0, 0.05) is 58.1 Å². The Labute approximate surface area is 152 Å². The van der Waals surface area contributed by atoms with Gasteiger partial charge < -0.3 is 15.6 Å². The summed E-state index contributed by atoms with van der Waals surface area (Å²) in [7, 11) is 0. The standard InChI is InChI=1S/C22H20N4/c1-13-3-5-16-17-11-22(26-21(16)9-13)19-12-25-20-6-4-15(10-18(19)20)24-8-7-23-14(17)2/h3-6,9-12,23-25H,2,7-8H2,1H3. The van der Waals surface area contributed by atoms with Crippen molar-refractivity contribution < 1.29 is 0 Å². The lowest BCUT2D eigenvalue weighted by Gasteiger charge is -2.16. The Morgan fingerprint density at radius 2 is 1.81 bits per heavy atom. The summed E-state index contributed by atoms with van der Waals surface area (Å²) in [6, 6.07) is 15.0. The van der Waals surface area contributed by atoms with Crippen molar-refractivity contribution in [1.29, 1.82) is 0 Å². The lowest BCUT2D eigenvalue weighted by Crippen LogP contribution is -2.21. The predicted octanol–water partition coefficient (Wildman–Crippen LogP) is 4.68. The monoisotopic (exact) mass is 340 g/mol. The fourth-order valence-corrected chi connectivity index (χ4v) is 3.68. The number of nitrogens with zero attached hydrogens (tertiary/aromatic N) is 1. The SMILES string of the molecule is C=C1NCCNc2ccc3[nH]cc(c3c2)-c2cc1c1ccc(C)cc1n2. The maximum atomic E-state index is 4.97. The molecule has 0 fully saturated rings. The van der Waals surface area contributed by atoms with Crippen LogP contribution in [-0.2, 0) is 0 Å².